The Kier molecular flexibility index (Phi) is 8.26. The Morgan fingerprint density at radius 1 is 1.12 bits per heavy atom. The Bertz CT molecular complexity index is 1320. The standard InChI is InChI=1S/C30H41BN2O7S2/c1-27(2,3)37-24(34)19-12-10-11-17(23(19)36-26(35)38-28(4,5)6)13-22(42-25-33-32-16-41-25)31-39-21-15-18-14-20(29(18,7)8)30(21,9)40-31/h10-12,16,18,20-22H,13-15H2,1-9H3/t18-,20-,21?,22-,30-/m0/s1. The summed E-state index contributed by atoms with van der Waals surface area (Å²) in [6.45, 7) is 17.5. The van der Waals surface area contributed by atoms with Crippen LogP contribution in [0.25, 0.3) is 0 Å². The predicted octanol–water partition coefficient (Wildman–Crippen LogP) is 6.78. The van der Waals surface area contributed by atoms with Gasteiger partial charge in [-0.3, -0.25) is 0 Å². The van der Waals surface area contributed by atoms with Gasteiger partial charge in [-0.05, 0) is 96.6 Å². The fourth-order valence-electron chi connectivity index (χ4n) is 6.53. The molecular formula is C30H41BN2O7S2. The van der Waals surface area contributed by atoms with Gasteiger partial charge < -0.3 is 23.5 Å². The quantitative estimate of drug-likeness (QED) is 0.143. The molecule has 3 aliphatic carbocycles. The third-order valence-electron chi connectivity index (χ3n) is 8.58. The van der Waals surface area contributed by atoms with Crippen LogP contribution in [0.4, 0.5) is 4.79 Å². The van der Waals surface area contributed by atoms with Gasteiger partial charge >= 0.3 is 19.2 Å². The Labute approximate surface area is 256 Å². The van der Waals surface area contributed by atoms with Gasteiger partial charge in [-0.2, -0.15) is 0 Å². The van der Waals surface area contributed by atoms with Crippen molar-refractivity contribution in [3.05, 3.63) is 34.8 Å². The number of benzene rings is 1. The predicted molar refractivity (Wildman–Crippen MR) is 162 cm³/mol. The second-order valence-corrected chi connectivity index (χ2v) is 16.6. The average Bonchev–Trinajstić information content (AvgIpc) is 3.48. The number of thioether (sulfide) groups is 1. The highest BCUT2D eigenvalue weighted by Crippen LogP contribution is 2.66. The Hall–Kier alpha value is -2.15. The lowest BCUT2D eigenvalue weighted by Gasteiger charge is -2.64. The smallest absolute Gasteiger partial charge is 0.456 e. The van der Waals surface area contributed by atoms with Crippen molar-refractivity contribution in [3.63, 3.8) is 0 Å². The first-order valence-electron chi connectivity index (χ1n) is 14.5. The lowest BCUT2D eigenvalue weighted by atomic mass is 9.43. The lowest BCUT2D eigenvalue weighted by molar-refractivity contribution is -0.199. The maximum Gasteiger partial charge on any atom is 0.514 e. The Morgan fingerprint density at radius 3 is 2.45 bits per heavy atom. The topological polar surface area (TPSA) is 106 Å². The van der Waals surface area contributed by atoms with E-state index in [0.717, 1.165) is 17.2 Å². The first-order chi connectivity index (χ1) is 19.5. The van der Waals surface area contributed by atoms with Crippen LogP contribution in [-0.2, 0) is 25.2 Å². The van der Waals surface area contributed by atoms with Gasteiger partial charge in [-0.25, -0.2) is 9.59 Å². The number of esters is 1. The molecule has 1 aromatic carbocycles. The molecule has 1 aliphatic heterocycles. The number of hydrogen-bond donors (Lipinski definition) is 0. The number of para-hydroxylation sites is 1. The van der Waals surface area contributed by atoms with Crippen molar-refractivity contribution in [2.45, 2.75) is 114 Å². The van der Waals surface area contributed by atoms with Crippen molar-refractivity contribution in [2.24, 2.45) is 17.3 Å². The number of carbonyl (C=O) groups excluding carboxylic acids is 2. The van der Waals surface area contributed by atoms with Crippen LogP contribution >= 0.6 is 23.1 Å². The Morgan fingerprint density at radius 2 is 1.83 bits per heavy atom. The first kappa shape index (κ1) is 31.3. The van der Waals surface area contributed by atoms with Crippen molar-refractivity contribution in [3.8, 4) is 5.75 Å². The summed E-state index contributed by atoms with van der Waals surface area (Å²) in [5, 5.41) is 8.01. The molecule has 12 heteroatoms. The molecule has 0 amide bonds. The largest absolute Gasteiger partial charge is 0.514 e. The minimum Gasteiger partial charge on any atom is -0.456 e. The molecule has 2 heterocycles. The van der Waals surface area contributed by atoms with Crippen molar-refractivity contribution >= 4 is 42.3 Å². The molecule has 1 unspecified atom stereocenters. The molecule has 3 saturated carbocycles. The fourth-order valence-corrected chi connectivity index (χ4v) is 8.37. The highest BCUT2D eigenvalue weighted by Gasteiger charge is 2.68. The summed E-state index contributed by atoms with van der Waals surface area (Å²) < 4.78 is 31.2. The molecule has 0 radical (unpaired) electrons. The van der Waals surface area contributed by atoms with Gasteiger partial charge in [0.15, 0.2) is 10.1 Å². The minimum atomic E-state index is -0.901. The summed E-state index contributed by atoms with van der Waals surface area (Å²) in [7, 11) is -0.538. The summed E-state index contributed by atoms with van der Waals surface area (Å²) in [6.07, 6.45) is 1.58. The molecule has 4 fully saturated rings. The van der Waals surface area contributed by atoms with Crippen LogP contribution in [0, 0.1) is 17.3 Å². The average molecular weight is 617 g/mol. The summed E-state index contributed by atoms with van der Waals surface area (Å²) in [6, 6.07) is 5.20. The lowest BCUT2D eigenvalue weighted by Crippen LogP contribution is -2.65. The van der Waals surface area contributed by atoms with E-state index in [2.05, 4.69) is 31.0 Å². The normalized spacial score (nSPS) is 27.1. The molecule has 1 saturated heterocycles. The maximum atomic E-state index is 13.3. The van der Waals surface area contributed by atoms with Gasteiger partial charge in [0.1, 0.15) is 22.3 Å². The molecule has 9 nitrogen and oxygen atoms in total. The second-order valence-electron chi connectivity index (χ2n) is 14.3. The van der Waals surface area contributed by atoms with Gasteiger partial charge in [0.05, 0.1) is 16.9 Å². The molecular weight excluding hydrogens is 575 g/mol. The van der Waals surface area contributed by atoms with Crippen LogP contribution in [0.15, 0.2) is 28.0 Å². The van der Waals surface area contributed by atoms with E-state index in [9.17, 15) is 9.59 Å². The van der Waals surface area contributed by atoms with Crippen LogP contribution in [0.5, 0.6) is 5.75 Å². The summed E-state index contributed by atoms with van der Waals surface area (Å²) in [5.74, 6) is 0.544. The number of ether oxygens (including phenoxy) is 3. The van der Waals surface area contributed by atoms with E-state index in [4.69, 9.17) is 23.5 Å². The zero-order valence-corrected chi connectivity index (χ0v) is 27.5. The molecule has 6 rings (SSSR count). The van der Waals surface area contributed by atoms with Crippen LogP contribution in [0.3, 0.4) is 0 Å². The van der Waals surface area contributed by atoms with Crippen molar-refractivity contribution in [2.75, 3.05) is 0 Å². The van der Waals surface area contributed by atoms with E-state index in [-0.39, 0.29) is 28.0 Å². The van der Waals surface area contributed by atoms with E-state index in [1.165, 1.54) is 23.1 Å². The van der Waals surface area contributed by atoms with E-state index < -0.39 is 36.0 Å². The summed E-state index contributed by atoms with van der Waals surface area (Å²) in [5.41, 5.74) is 0.762. The fraction of sp³-hybridized carbons (Fsp3) is 0.667. The number of hydrogen-bond acceptors (Lipinski definition) is 11. The number of carbonyl (C=O) groups is 2. The van der Waals surface area contributed by atoms with E-state index in [0.29, 0.717) is 23.8 Å². The molecule has 2 bridgehead atoms. The monoisotopic (exact) mass is 616 g/mol. The molecule has 0 spiro atoms. The van der Waals surface area contributed by atoms with Gasteiger partial charge in [0, 0.05) is 0 Å². The maximum absolute atomic E-state index is 13.3. The third kappa shape index (κ3) is 6.37. The second kappa shape index (κ2) is 11.1. The van der Waals surface area contributed by atoms with Gasteiger partial charge in [0.25, 0.3) is 0 Å². The number of rotatable bonds is 7. The van der Waals surface area contributed by atoms with Crippen LogP contribution in [0.1, 0.15) is 91.1 Å². The van der Waals surface area contributed by atoms with E-state index >= 15 is 0 Å². The van der Waals surface area contributed by atoms with Gasteiger partial charge in [-0.15, -0.1) is 10.2 Å². The van der Waals surface area contributed by atoms with E-state index in [1.54, 1.807) is 59.2 Å². The van der Waals surface area contributed by atoms with Gasteiger partial charge in [0.2, 0.25) is 0 Å². The summed E-state index contributed by atoms with van der Waals surface area (Å²) >= 11 is 2.95. The van der Waals surface area contributed by atoms with Gasteiger partial charge in [-0.1, -0.05) is 49.1 Å². The van der Waals surface area contributed by atoms with Crippen molar-refractivity contribution in [1.29, 1.82) is 0 Å². The minimum absolute atomic E-state index is 0.00220. The SMILES string of the molecule is CC(C)(C)OC(=O)Oc1c(C[C@H](Sc2nncs2)B2OC3C[C@@H]4C[C@@H](C4(C)C)[C@]3(C)O2)cccc1C(=O)OC(C)(C)C. The van der Waals surface area contributed by atoms with Crippen molar-refractivity contribution < 1.29 is 33.1 Å². The van der Waals surface area contributed by atoms with E-state index in [1.807, 2.05) is 6.07 Å². The highest BCUT2D eigenvalue weighted by molar-refractivity contribution is 8.02. The molecule has 0 N–H and O–H groups in total. The van der Waals surface area contributed by atoms with Crippen LogP contribution in [-0.4, -0.2) is 57.5 Å². The first-order valence-corrected chi connectivity index (χ1v) is 16.2. The summed E-state index contributed by atoms with van der Waals surface area (Å²) in [4.78, 5) is 26.2. The molecule has 2 aromatic rings. The molecule has 228 valence electrons. The number of nitrogens with zero attached hydrogens (tertiary/aromatic N) is 2. The third-order valence-corrected chi connectivity index (χ3v) is 10.6. The zero-order chi connectivity index (χ0) is 30.7. The Balaban J connectivity index is 1.48. The molecule has 1 aromatic heterocycles. The zero-order valence-electron chi connectivity index (χ0n) is 25.9. The molecule has 5 atom stereocenters. The number of aromatic nitrogens is 2. The highest BCUT2D eigenvalue weighted by atomic mass is 32.2. The van der Waals surface area contributed by atoms with Crippen molar-refractivity contribution in [1.82, 2.24) is 10.2 Å². The molecule has 42 heavy (non-hydrogen) atoms. The molecule has 4 aliphatic rings. The van der Waals surface area contributed by atoms with Crippen LogP contribution < -0.4 is 4.74 Å². The van der Waals surface area contributed by atoms with Crippen LogP contribution in [0.2, 0.25) is 0 Å².